The molecule has 0 radical (unpaired) electrons. The lowest BCUT2D eigenvalue weighted by Gasteiger charge is -2.26. The van der Waals surface area contributed by atoms with Gasteiger partial charge < -0.3 is 15.7 Å². The van der Waals surface area contributed by atoms with E-state index in [0.29, 0.717) is 35.4 Å². The van der Waals surface area contributed by atoms with Crippen molar-refractivity contribution in [3.05, 3.63) is 60.2 Å². The highest BCUT2D eigenvalue weighted by Gasteiger charge is 2.27. The molecular formula is C27H27FN6O. The molecule has 178 valence electrons. The molecule has 1 aliphatic carbocycles. The molecular weight excluding hydrogens is 443 g/mol. The van der Waals surface area contributed by atoms with Crippen molar-refractivity contribution < 1.29 is 9.50 Å². The van der Waals surface area contributed by atoms with Crippen LogP contribution in [0.15, 0.2) is 48.5 Å². The average molecular weight is 471 g/mol. The molecule has 0 unspecified atom stereocenters. The van der Waals surface area contributed by atoms with Crippen LogP contribution in [0, 0.1) is 17.7 Å². The summed E-state index contributed by atoms with van der Waals surface area (Å²) in [6.45, 7) is 0. The number of nitrogen functional groups attached to an aromatic ring is 1. The van der Waals surface area contributed by atoms with Gasteiger partial charge in [-0.05, 0) is 68.0 Å². The summed E-state index contributed by atoms with van der Waals surface area (Å²) in [5.74, 6) is 6.43. The second kappa shape index (κ2) is 9.01. The van der Waals surface area contributed by atoms with Gasteiger partial charge in [0, 0.05) is 31.0 Å². The summed E-state index contributed by atoms with van der Waals surface area (Å²) in [6, 6.07) is 14.1. The summed E-state index contributed by atoms with van der Waals surface area (Å²) < 4.78 is 15.9. The molecule has 0 spiro atoms. The second-order valence-electron chi connectivity index (χ2n) is 9.14. The Balaban J connectivity index is 1.70. The highest BCUT2D eigenvalue weighted by molar-refractivity contribution is 5.87. The van der Waals surface area contributed by atoms with Gasteiger partial charge >= 0.3 is 0 Å². The van der Waals surface area contributed by atoms with Crippen LogP contribution < -0.4 is 10.6 Å². The largest absolute Gasteiger partial charge is 0.382 e. The van der Waals surface area contributed by atoms with E-state index in [4.69, 9.17) is 10.7 Å². The molecule has 2 heterocycles. The van der Waals surface area contributed by atoms with E-state index < -0.39 is 5.60 Å². The van der Waals surface area contributed by atoms with E-state index in [-0.39, 0.29) is 17.5 Å². The molecule has 3 N–H and O–H groups in total. The smallest absolute Gasteiger partial charge is 0.209 e. The minimum Gasteiger partial charge on any atom is -0.382 e. The summed E-state index contributed by atoms with van der Waals surface area (Å²) in [5, 5.41) is 10.8. The number of halogens is 1. The Morgan fingerprint density at radius 1 is 1.03 bits per heavy atom. The Labute approximate surface area is 203 Å². The summed E-state index contributed by atoms with van der Waals surface area (Å²) >= 11 is 0. The van der Waals surface area contributed by atoms with E-state index in [1.165, 1.54) is 12.1 Å². The molecule has 5 rings (SSSR count). The zero-order chi connectivity index (χ0) is 24.6. The van der Waals surface area contributed by atoms with E-state index in [2.05, 4.69) is 21.8 Å². The van der Waals surface area contributed by atoms with Gasteiger partial charge in [0.25, 0.3) is 0 Å². The van der Waals surface area contributed by atoms with Crippen LogP contribution in [-0.4, -0.2) is 44.3 Å². The predicted molar refractivity (Wildman–Crippen MR) is 136 cm³/mol. The quantitative estimate of drug-likeness (QED) is 0.433. The number of rotatable bonds is 3. The van der Waals surface area contributed by atoms with Crippen LogP contribution in [0.4, 0.5) is 15.9 Å². The summed E-state index contributed by atoms with van der Waals surface area (Å²) in [7, 11) is 3.94. The normalized spacial score (nSPS) is 15.0. The van der Waals surface area contributed by atoms with Crippen molar-refractivity contribution in [2.75, 3.05) is 24.7 Å². The molecule has 2 aromatic heterocycles. The standard InChI is InChI=1S/C27H27FN6O/c1-33(2)20-9-11-21(12-10-20)34-25(18-7-6-8-19(28)17-18)32-23-24(29)30-22(31-26(23)34)13-16-27(35)14-4-3-5-15-27/h6-12,17,35H,3-5,14-15H2,1-2H3,(H2,29,30,31). The maximum atomic E-state index is 14.1. The number of aromatic nitrogens is 4. The van der Waals surface area contributed by atoms with Crippen molar-refractivity contribution >= 4 is 22.7 Å². The fourth-order valence-electron chi connectivity index (χ4n) is 4.43. The first kappa shape index (κ1) is 22.8. The zero-order valence-corrected chi connectivity index (χ0v) is 19.8. The first-order valence-corrected chi connectivity index (χ1v) is 11.7. The molecule has 35 heavy (non-hydrogen) atoms. The number of nitrogens with zero attached hydrogens (tertiary/aromatic N) is 5. The second-order valence-corrected chi connectivity index (χ2v) is 9.14. The molecule has 0 amide bonds. The third-order valence-corrected chi connectivity index (χ3v) is 6.33. The number of hydrogen-bond donors (Lipinski definition) is 2. The van der Waals surface area contributed by atoms with Crippen molar-refractivity contribution in [2.24, 2.45) is 0 Å². The van der Waals surface area contributed by atoms with E-state index >= 15 is 0 Å². The van der Waals surface area contributed by atoms with Gasteiger partial charge in [0.1, 0.15) is 17.2 Å². The molecule has 8 heteroatoms. The lowest BCUT2D eigenvalue weighted by atomic mass is 9.85. The molecule has 0 aliphatic heterocycles. The van der Waals surface area contributed by atoms with Gasteiger partial charge in [-0.3, -0.25) is 4.57 Å². The molecule has 1 fully saturated rings. The highest BCUT2D eigenvalue weighted by Crippen LogP contribution is 2.31. The zero-order valence-electron chi connectivity index (χ0n) is 19.8. The average Bonchev–Trinajstić information content (AvgIpc) is 3.23. The van der Waals surface area contributed by atoms with Gasteiger partial charge in [-0.2, -0.15) is 0 Å². The molecule has 0 atom stereocenters. The van der Waals surface area contributed by atoms with Gasteiger partial charge in [-0.1, -0.05) is 24.5 Å². The maximum Gasteiger partial charge on any atom is 0.209 e. The molecule has 1 aliphatic rings. The number of anilines is 2. The van der Waals surface area contributed by atoms with Crippen LogP contribution in [0.1, 0.15) is 37.9 Å². The van der Waals surface area contributed by atoms with Crippen LogP contribution in [0.5, 0.6) is 0 Å². The Morgan fingerprint density at radius 3 is 2.46 bits per heavy atom. The van der Waals surface area contributed by atoms with Crippen LogP contribution in [0.25, 0.3) is 28.2 Å². The number of imidazole rings is 1. The minimum absolute atomic E-state index is 0.177. The van der Waals surface area contributed by atoms with Crippen molar-refractivity contribution in [1.29, 1.82) is 0 Å². The van der Waals surface area contributed by atoms with Gasteiger partial charge in [0.2, 0.25) is 5.82 Å². The van der Waals surface area contributed by atoms with Crippen molar-refractivity contribution in [3.63, 3.8) is 0 Å². The number of hydrogen-bond acceptors (Lipinski definition) is 6. The van der Waals surface area contributed by atoms with Gasteiger partial charge in [0.15, 0.2) is 17.0 Å². The van der Waals surface area contributed by atoms with Crippen molar-refractivity contribution in [3.8, 4) is 28.9 Å². The Kier molecular flexibility index (Phi) is 5.87. The van der Waals surface area contributed by atoms with Crippen LogP contribution in [-0.2, 0) is 0 Å². The van der Waals surface area contributed by atoms with Gasteiger partial charge in [0.05, 0.1) is 0 Å². The molecule has 2 aromatic carbocycles. The van der Waals surface area contributed by atoms with Crippen LogP contribution in [0.2, 0.25) is 0 Å². The van der Waals surface area contributed by atoms with Gasteiger partial charge in [-0.25, -0.2) is 19.3 Å². The predicted octanol–water partition coefficient (Wildman–Crippen LogP) is 4.32. The maximum absolute atomic E-state index is 14.1. The molecule has 0 bridgehead atoms. The number of nitrogens with two attached hydrogens (primary N) is 1. The van der Waals surface area contributed by atoms with Crippen LogP contribution >= 0.6 is 0 Å². The highest BCUT2D eigenvalue weighted by atomic mass is 19.1. The topological polar surface area (TPSA) is 93.1 Å². The first-order chi connectivity index (χ1) is 16.8. The lowest BCUT2D eigenvalue weighted by Crippen LogP contribution is -2.29. The third kappa shape index (κ3) is 4.55. The fraction of sp³-hybridized carbons (Fsp3) is 0.296. The van der Waals surface area contributed by atoms with E-state index in [1.807, 2.05) is 47.8 Å². The van der Waals surface area contributed by atoms with E-state index in [0.717, 1.165) is 30.6 Å². The monoisotopic (exact) mass is 470 g/mol. The first-order valence-electron chi connectivity index (χ1n) is 11.7. The van der Waals surface area contributed by atoms with Crippen molar-refractivity contribution in [2.45, 2.75) is 37.7 Å². The Hall–Kier alpha value is -3.96. The number of aliphatic hydroxyl groups is 1. The fourth-order valence-corrected chi connectivity index (χ4v) is 4.43. The Morgan fingerprint density at radius 2 is 1.77 bits per heavy atom. The van der Waals surface area contributed by atoms with E-state index in [1.54, 1.807) is 12.1 Å². The summed E-state index contributed by atoms with van der Waals surface area (Å²) in [5.41, 5.74) is 8.55. The number of benzene rings is 2. The Bertz CT molecular complexity index is 1440. The molecule has 0 saturated heterocycles. The van der Waals surface area contributed by atoms with Crippen LogP contribution in [0.3, 0.4) is 0 Å². The minimum atomic E-state index is -1.03. The SMILES string of the molecule is CN(C)c1ccc(-n2c(-c3cccc(F)c3)nc3c(N)nc(C#CC4(O)CCCCC4)nc32)cc1. The molecule has 1 saturated carbocycles. The summed E-state index contributed by atoms with van der Waals surface area (Å²) in [4.78, 5) is 15.7. The summed E-state index contributed by atoms with van der Waals surface area (Å²) in [6.07, 6.45) is 4.27. The van der Waals surface area contributed by atoms with E-state index in [9.17, 15) is 9.50 Å². The lowest BCUT2D eigenvalue weighted by molar-refractivity contribution is 0.0610. The third-order valence-electron chi connectivity index (χ3n) is 6.33. The molecule has 4 aromatic rings. The molecule has 7 nitrogen and oxygen atoms in total. The van der Waals surface area contributed by atoms with Crippen molar-refractivity contribution in [1.82, 2.24) is 19.5 Å². The number of fused-ring (bicyclic) bond motifs is 1. The van der Waals surface area contributed by atoms with Gasteiger partial charge in [-0.15, -0.1) is 0 Å².